The number of anilines is 1. The van der Waals surface area contributed by atoms with E-state index >= 15 is 0 Å². The third kappa shape index (κ3) is 4.91. The Morgan fingerprint density at radius 3 is 2.67 bits per heavy atom. The molecule has 0 aliphatic heterocycles. The Morgan fingerprint density at radius 2 is 2.00 bits per heavy atom. The van der Waals surface area contributed by atoms with Gasteiger partial charge in [-0.2, -0.15) is 13.2 Å². The molecule has 1 heterocycles. The largest absolute Gasteiger partial charge is 0.398 e. The zero-order valence-corrected chi connectivity index (χ0v) is 12.6. The number of halogens is 3. The lowest BCUT2D eigenvalue weighted by molar-refractivity contribution is -0.385. The average molecular weight is 358 g/mol. The van der Waals surface area contributed by atoms with E-state index in [4.69, 9.17) is 0 Å². The average Bonchev–Trinajstić information content (AvgIpc) is 2.52. The van der Waals surface area contributed by atoms with Gasteiger partial charge in [-0.05, 0) is 12.1 Å². The van der Waals surface area contributed by atoms with Crippen molar-refractivity contribution in [3.63, 3.8) is 0 Å². The molecule has 0 aliphatic carbocycles. The summed E-state index contributed by atoms with van der Waals surface area (Å²) in [7, 11) is 0. The molecule has 1 aromatic carbocycles. The highest BCUT2D eigenvalue weighted by Gasteiger charge is 2.28. The lowest BCUT2D eigenvalue weighted by atomic mass is 10.1. The summed E-state index contributed by atoms with van der Waals surface area (Å²) in [4.78, 5) is 29.7. The number of carbonyl (C=O) groups excluding carboxylic acids is 1. The van der Waals surface area contributed by atoms with Crippen molar-refractivity contribution in [2.45, 2.75) is 11.3 Å². The van der Waals surface area contributed by atoms with Crippen LogP contribution in [0, 0.1) is 10.1 Å². The highest BCUT2D eigenvalue weighted by atomic mass is 32.2. The van der Waals surface area contributed by atoms with Crippen LogP contribution in [0.4, 0.5) is 24.7 Å². The minimum atomic E-state index is -4.38. The van der Waals surface area contributed by atoms with E-state index in [1.807, 2.05) is 0 Å². The van der Waals surface area contributed by atoms with Crippen LogP contribution < -0.4 is 5.32 Å². The van der Waals surface area contributed by atoms with Gasteiger partial charge in [0.1, 0.15) is 11.4 Å². The first-order valence-electron chi connectivity index (χ1n) is 6.33. The molecule has 0 saturated carbocycles. The summed E-state index contributed by atoms with van der Waals surface area (Å²) in [6.07, 6.45) is -3.20. The van der Waals surface area contributed by atoms with Crippen LogP contribution in [-0.2, 0) is 0 Å². The van der Waals surface area contributed by atoms with Gasteiger partial charge in [0.05, 0.1) is 10.7 Å². The number of alkyl halides is 3. The number of hydrogen-bond donors (Lipinski definition) is 1. The van der Waals surface area contributed by atoms with Crippen LogP contribution >= 0.6 is 11.8 Å². The number of benzene rings is 1. The Morgan fingerprint density at radius 1 is 1.29 bits per heavy atom. The standard InChI is InChI=1S/C13H9F3N4O3S/c14-13(15,16)7-24-12-17-6-5-10(19-12)18-11(21)8-3-1-2-4-9(8)20(22)23/h1-6H,7H2,(H,17,18,19,21). The molecule has 1 aromatic heterocycles. The third-order valence-electron chi connectivity index (χ3n) is 2.59. The van der Waals surface area contributed by atoms with Crippen molar-refractivity contribution in [1.82, 2.24) is 9.97 Å². The number of aromatic nitrogens is 2. The second kappa shape index (κ2) is 7.25. The van der Waals surface area contributed by atoms with E-state index in [0.717, 1.165) is 0 Å². The smallest absolute Gasteiger partial charge is 0.306 e. The van der Waals surface area contributed by atoms with E-state index in [1.165, 1.54) is 36.5 Å². The quantitative estimate of drug-likeness (QED) is 0.381. The molecule has 0 radical (unpaired) electrons. The third-order valence-corrected chi connectivity index (χ3v) is 3.51. The number of thioether (sulfide) groups is 1. The summed E-state index contributed by atoms with van der Waals surface area (Å²) < 4.78 is 36.6. The molecule has 2 aromatic rings. The molecule has 1 N–H and O–H groups in total. The van der Waals surface area contributed by atoms with E-state index in [-0.39, 0.29) is 16.5 Å². The van der Waals surface area contributed by atoms with Crippen LogP contribution in [0.1, 0.15) is 10.4 Å². The fourth-order valence-corrected chi connectivity index (χ4v) is 2.23. The van der Waals surface area contributed by atoms with Gasteiger partial charge in [0.2, 0.25) is 0 Å². The minimum Gasteiger partial charge on any atom is -0.306 e. The summed E-state index contributed by atoms with van der Waals surface area (Å²) in [5.74, 6) is -2.03. The van der Waals surface area contributed by atoms with Crippen molar-refractivity contribution in [2.24, 2.45) is 0 Å². The van der Waals surface area contributed by atoms with Crippen molar-refractivity contribution in [3.8, 4) is 0 Å². The van der Waals surface area contributed by atoms with Gasteiger partial charge in [-0.25, -0.2) is 9.97 Å². The molecule has 0 saturated heterocycles. The molecule has 0 unspecified atom stereocenters. The Labute approximate surface area is 137 Å². The molecule has 0 aliphatic rings. The van der Waals surface area contributed by atoms with Crippen LogP contribution in [0.15, 0.2) is 41.7 Å². The SMILES string of the molecule is O=C(Nc1ccnc(SCC(F)(F)F)n1)c1ccccc1[N+](=O)[O-]. The van der Waals surface area contributed by atoms with Crippen LogP contribution in [-0.4, -0.2) is 32.7 Å². The molecule has 126 valence electrons. The van der Waals surface area contributed by atoms with Gasteiger partial charge in [-0.3, -0.25) is 14.9 Å². The number of nitro benzene ring substituents is 1. The normalized spacial score (nSPS) is 11.1. The number of hydrogen-bond acceptors (Lipinski definition) is 6. The lowest BCUT2D eigenvalue weighted by Crippen LogP contribution is -2.15. The highest BCUT2D eigenvalue weighted by Crippen LogP contribution is 2.25. The Bertz CT molecular complexity index is 770. The summed E-state index contributed by atoms with van der Waals surface area (Å²) in [6.45, 7) is 0. The molecular weight excluding hydrogens is 349 g/mol. The van der Waals surface area contributed by atoms with Gasteiger partial charge < -0.3 is 5.32 Å². The van der Waals surface area contributed by atoms with E-state index in [2.05, 4.69) is 15.3 Å². The first-order chi connectivity index (χ1) is 11.3. The molecule has 0 bridgehead atoms. The maximum Gasteiger partial charge on any atom is 0.398 e. The molecule has 1 amide bonds. The van der Waals surface area contributed by atoms with Crippen LogP contribution in [0.25, 0.3) is 0 Å². The van der Waals surface area contributed by atoms with Gasteiger partial charge >= 0.3 is 6.18 Å². The number of nitro groups is 1. The Kier molecular flexibility index (Phi) is 5.34. The zero-order valence-electron chi connectivity index (χ0n) is 11.8. The summed E-state index contributed by atoms with van der Waals surface area (Å²) in [5.41, 5.74) is -0.582. The summed E-state index contributed by atoms with van der Waals surface area (Å²) in [6, 6.07) is 6.55. The van der Waals surface area contributed by atoms with Gasteiger partial charge in [-0.15, -0.1) is 0 Å². The second-order valence-corrected chi connectivity index (χ2v) is 5.30. The van der Waals surface area contributed by atoms with Crippen LogP contribution in [0.2, 0.25) is 0 Å². The number of para-hydroxylation sites is 1. The fourth-order valence-electron chi connectivity index (χ4n) is 1.63. The maximum absolute atomic E-state index is 12.2. The first kappa shape index (κ1) is 17.7. The summed E-state index contributed by atoms with van der Waals surface area (Å²) >= 11 is 0.366. The van der Waals surface area contributed by atoms with Crippen LogP contribution in [0.3, 0.4) is 0 Å². The van der Waals surface area contributed by atoms with E-state index in [9.17, 15) is 28.1 Å². The zero-order chi connectivity index (χ0) is 17.7. The predicted octanol–water partition coefficient (Wildman–Crippen LogP) is 3.29. The topological polar surface area (TPSA) is 98.0 Å². The van der Waals surface area contributed by atoms with Gasteiger partial charge in [0, 0.05) is 12.3 Å². The lowest BCUT2D eigenvalue weighted by Gasteiger charge is -2.07. The molecular formula is C13H9F3N4O3S. The molecule has 2 rings (SSSR count). The van der Waals surface area contributed by atoms with Gasteiger partial charge in [0.15, 0.2) is 5.16 Å². The van der Waals surface area contributed by atoms with E-state index in [0.29, 0.717) is 11.8 Å². The Balaban J connectivity index is 2.14. The van der Waals surface area contributed by atoms with Gasteiger partial charge in [-0.1, -0.05) is 23.9 Å². The molecule has 11 heteroatoms. The van der Waals surface area contributed by atoms with Crippen molar-refractivity contribution in [1.29, 1.82) is 0 Å². The molecule has 7 nitrogen and oxygen atoms in total. The van der Waals surface area contributed by atoms with Crippen LogP contribution in [0.5, 0.6) is 0 Å². The number of nitrogens with zero attached hydrogens (tertiary/aromatic N) is 3. The molecule has 0 fully saturated rings. The van der Waals surface area contributed by atoms with Crippen molar-refractivity contribution in [2.75, 3.05) is 11.1 Å². The fraction of sp³-hybridized carbons (Fsp3) is 0.154. The summed E-state index contributed by atoms with van der Waals surface area (Å²) in [5, 5.41) is 13.0. The number of carbonyl (C=O) groups is 1. The number of rotatable bonds is 5. The first-order valence-corrected chi connectivity index (χ1v) is 7.32. The minimum absolute atomic E-state index is 0.0576. The van der Waals surface area contributed by atoms with Crippen molar-refractivity contribution >= 4 is 29.2 Å². The van der Waals surface area contributed by atoms with E-state index in [1.54, 1.807) is 0 Å². The molecule has 0 atom stereocenters. The van der Waals surface area contributed by atoms with Gasteiger partial charge in [0.25, 0.3) is 11.6 Å². The Hall–Kier alpha value is -2.69. The molecule has 24 heavy (non-hydrogen) atoms. The predicted molar refractivity (Wildman–Crippen MR) is 79.9 cm³/mol. The number of amides is 1. The second-order valence-electron chi connectivity index (χ2n) is 4.36. The van der Waals surface area contributed by atoms with Crippen molar-refractivity contribution < 1.29 is 22.9 Å². The maximum atomic E-state index is 12.2. The molecule has 0 spiro atoms. The number of nitrogens with one attached hydrogen (secondary N) is 1. The highest BCUT2D eigenvalue weighted by molar-refractivity contribution is 7.99. The monoisotopic (exact) mass is 358 g/mol. The van der Waals surface area contributed by atoms with Crippen molar-refractivity contribution in [3.05, 3.63) is 52.2 Å². The van der Waals surface area contributed by atoms with E-state index < -0.39 is 28.4 Å².